The summed E-state index contributed by atoms with van der Waals surface area (Å²) in [5, 5.41) is 0. The van der Waals surface area contributed by atoms with Crippen molar-refractivity contribution in [2.45, 2.75) is 71.5 Å². The summed E-state index contributed by atoms with van der Waals surface area (Å²) < 4.78 is 12.5. The number of fused-ring (bicyclic) bond motifs is 3. The van der Waals surface area contributed by atoms with Crippen molar-refractivity contribution >= 4 is 11.6 Å². The molecule has 140 valence electrons. The van der Waals surface area contributed by atoms with Gasteiger partial charge in [0.2, 0.25) is 0 Å². The number of alkyl halides is 1. The van der Waals surface area contributed by atoms with E-state index in [0.29, 0.717) is 11.8 Å². The molecule has 0 aromatic heterocycles. The quantitative estimate of drug-likeness (QED) is 0.451. The van der Waals surface area contributed by atoms with E-state index in [1.807, 2.05) is 0 Å². The lowest BCUT2D eigenvalue weighted by molar-refractivity contribution is -0.284. The Morgan fingerprint density at radius 2 is 1.88 bits per heavy atom. The third-order valence-corrected chi connectivity index (χ3v) is 8.26. The summed E-state index contributed by atoms with van der Waals surface area (Å²) in [7, 11) is 0. The van der Waals surface area contributed by atoms with Crippen LogP contribution in [0.15, 0.2) is 23.8 Å². The average Bonchev–Trinajstić information content (AvgIpc) is 3.08. The first-order valence-corrected chi connectivity index (χ1v) is 10.7. The standard InChI is InChI=1S/C22H33ClO2/c1-19(2)17-8-11-21(10-6-14-23)9-5-4-7-18(21)20(17,3)12-13-22(19)24-15-16-25-22/h6-7,10,17H,4-5,8-9,11-16H2,1-3H3. The molecule has 3 fully saturated rings. The smallest absolute Gasteiger partial charge is 0.173 e. The van der Waals surface area contributed by atoms with Crippen LogP contribution in [0.25, 0.3) is 0 Å². The topological polar surface area (TPSA) is 18.5 Å². The first-order valence-electron chi connectivity index (χ1n) is 10.1. The molecule has 4 aliphatic rings. The number of hydrogen-bond donors (Lipinski definition) is 0. The number of hydrogen-bond acceptors (Lipinski definition) is 2. The van der Waals surface area contributed by atoms with E-state index in [1.54, 1.807) is 5.57 Å². The molecule has 0 aromatic rings. The third kappa shape index (κ3) is 2.43. The van der Waals surface area contributed by atoms with E-state index in [9.17, 15) is 0 Å². The lowest BCUT2D eigenvalue weighted by atomic mass is 9.42. The van der Waals surface area contributed by atoms with Gasteiger partial charge in [-0.2, -0.15) is 0 Å². The Morgan fingerprint density at radius 1 is 1.12 bits per heavy atom. The summed E-state index contributed by atoms with van der Waals surface area (Å²) in [6, 6.07) is 0. The van der Waals surface area contributed by atoms with Crippen LogP contribution in [0.4, 0.5) is 0 Å². The van der Waals surface area contributed by atoms with Gasteiger partial charge in [0.15, 0.2) is 5.79 Å². The van der Waals surface area contributed by atoms with Crippen LogP contribution in [0.2, 0.25) is 0 Å². The van der Waals surface area contributed by atoms with E-state index < -0.39 is 0 Å². The van der Waals surface area contributed by atoms with Gasteiger partial charge in [-0.3, -0.25) is 0 Å². The molecule has 1 spiro atoms. The van der Waals surface area contributed by atoms with E-state index in [-0.39, 0.29) is 22.0 Å². The van der Waals surface area contributed by atoms with Crippen molar-refractivity contribution in [3.05, 3.63) is 23.8 Å². The maximum absolute atomic E-state index is 6.24. The highest BCUT2D eigenvalue weighted by Crippen LogP contribution is 2.69. The van der Waals surface area contributed by atoms with Crippen molar-refractivity contribution < 1.29 is 9.47 Å². The van der Waals surface area contributed by atoms with Gasteiger partial charge < -0.3 is 9.47 Å². The van der Waals surface area contributed by atoms with Crippen molar-refractivity contribution in [1.29, 1.82) is 0 Å². The lowest BCUT2D eigenvalue weighted by Crippen LogP contribution is -2.61. The van der Waals surface area contributed by atoms with Crippen molar-refractivity contribution in [3.63, 3.8) is 0 Å². The summed E-state index contributed by atoms with van der Waals surface area (Å²) in [4.78, 5) is 0. The van der Waals surface area contributed by atoms with Crippen LogP contribution in [-0.2, 0) is 9.47 Å². The SMILES string of the molecule is CC12CCC3(OCCO3)C(C)(C)C1CCC1(C=CCCl)CCCC=C12. The number of ether oxygens (including phenoxy) is 2. The van der Waals surface area contributed by atoms with E-state index in [4.69, 9.17) is 21.1 Å². The molecule has 2 nitrogen and oxygen atoms in total. The van der Waals surface area contributed by atoms with Crippen LogP contribution in [0, 0.1) is 22.2 Å². The van der Waals surface area contributed by atoms with Crippen molar-refractivity contribution in [3.8, 4) is 0 Å². The van der Waals surface area contributed by atoms with Gasteiger partial charge in [0.1, 0.15) is 0 Å². The summed E-state index contributed by atoms with van der Waals surface area (Å²) in [5.74, 6) is 0.859. The zero-order valence-corrected chi connectivity index (χ0v) is 16.8. The summed E-state index contributed by atoms with van der Waals surface area (Å²) >= 11 is 6.01. The minimum atomic E-state index is -0.363. The van der Waals surface area contributed by atoms with Crippen LogP contribution in [-0.4, -0.2) is 24.9 Å². The molecule has 1 heterocycles. The molecule has 1 saturated heterocycles. The molecular formula is C22H33ClO2. The Kier molecular flexibility index (Phi) is 4.41. The first-order chi connectivity index (χ1) is 11.9. The van der Waals surface area contributed by atoms with Crippen molar-refractivity contribution in [2.75, 3.05) is 19.1 Å². The highest BCUT2D eigenvalue weighted by Gasteiger charge is 2.65. The highest BCUT2D eigenvalue weighted by molar-refractivity contribution is 6.18. The second-order valence-corrected chi connectivity index (χ2v) is 9.71. The molecule has 3 heteroatoms. The van der Waals surface area contributed by atoms with E-state index in [2.05, 4.69) is 39.0 Å². The maximum atomic E-state index is 6.24. The number of allylic oxidation sites excluding steroid dienone is 4. The van der Waals surface area contributed by atoms with Gasteiger partial charge in [-0.1, -0.05) is 44.6 Å². The number of rotatable bonds is 2. The Labute approximate surface area is 158 Å². The normalized spacial score (nSPS) is 42.2. The molecule has 0 bridgehead atoms. The van der Waals surface area contributed by atoms with Gasteiger partial charge in [-0.25, -0.2) is 0 Å². The molecule has 4 rings (SSSR count). The third-order valence-electron chi connectivity index (χ3n) is 8.08. The molecule has 0 radical (unpaired) electrons. The van der Waals surface area contributed by atoms with E-state index in [0.717, 1.165) is 19.6 Å². The van der Waals surface area contributed by atoms with E-state index >= 15 is 0 Å². The van der Waals surface area contributed by atoms with Gasteiger partial charge in [-0.15, -0.1) is 11.6 Å². The summed E-state index contributed by atoms with van der Waals surface area (Å²) in [6.07, 6.45) is 15.7. The average molecular weight is 365 g/mol. The fourth-order valence-corrected chi connectivity index (χ4v) is 7.04. The van der Waals surface area contributed by atoms with Crippen LogP contribution in [0.1, 0.15) is 65.7 Å². The zero-order valence-electron chi connectivity index (χ0n) is 16.1. The molecule has 3 unspecified atom stereocenters. The molecule has 3 atom stereocenters. The molecule has 3 aliphatic carbocycles. The molecule has 25 heavy (non-hydrogen) atoms. The zero-order chi connectivity index (χ0) is 17.8. The van der Waals surface area contributed by atoms with Crippen molar-refractivity contribution in [1.82, 2.24) is 0 Å². The lowest BCUT2D eigenvalue weighted by Gasteiger charge is -2.64. The molecule has 0 amide bonds. The molecular weight excluding hydrogens is 332 g/mol. The predicted molar refractivity (Wildman–Crippen MR) is 103 cm³/mol. The first kappa shape index (κ1) is 18.1. The van der Waals surface area contributed by atoms with Gasteiger partial charge in [0.25, 0.3) is 0 Å². The highest BCUT2D eigenvalue weighted by atomic mass is 35.5. The van der Waals surface area contributed by atoms with Crippen LogP contribution >= 0.6 is 11.6 Å². The van der Waals surface area contributed by atoms with Crippen LogP contribution in [0.3, 0.4) is 0 Å². The molecule has 0 N–H and O–H groups in total. The Balaban J connectivity index is 1.75. The second-order valence-electron chi connectivity index (χ2n) is 9.40. The fourth-order valence-electron chi connectivity index (χ4n) is 6.95. The Hall–Kier alpha value is -0.310. The predicted octanol–water partition coefficient (Wildman–Crippen LogP) is 5.86. The van der Waals surface area contributed by atoms with E-state index in [1.165, 1.54) is 38.5 Å². The summed E-state index contributed by atoms with van der Waals surface area (Å²) in [5.41, 5.74) is 2.23. The van der Waals surface area contributed by atoms with Gasteiger partial charge in [-0.05, 0) is 49.9 Å². The minimum absolute atomic E-state index is 0.0388. The number of halogens is 1. The second kappa shape index (κ2) is 6.11. The van der Waals surface area contributed by atoms with Gasteiger partial charge >= 0.3 is 0 Å². The maximum Gasteiger partial charge on any atom is 0.173 e. The van der Waals surface area contributed by atoms with Crippen molar-refractivity contribution in [2.24, 2.45) is 22.2 Å². The Bertz CT molecular complexity index is 587. The van der Waals surface area contributed by atoms with Crippen LogP contribution < -0.4 is 0 Å². The molecule has 2 saturated carbocycles. The fraction of sp³-hybridized carbons (Fsp3) is 0.818. The van der Waals surface area contributed by atoms with Crippen LogP contribution in [0.5, 0.6) is 0 Å². The molecule has 0 aromatic carbocycles. The van der Waals surface area contributed by atoms with Gasteiger partial charge in [0.05, 0.1) is 13.2 Å². The summed E-state index contributed by atoms with van der Waals surface area (Å²) in [6.45, 7) is 8.81. The van der Waals surface area contributed by atoms with Gasteiger partial charge in [0, 0.05) is 23.1 Å². The minimum Gasteiger partial charge on any atom is -0.347 e. The molecule has 1 aliphatic heterocycles. The monoisotopic (exact) mass is 364 g/mol. The largest absolute Gasteiger partial charge is 0.347 e. The Morgan fingerprint density at radius 3 is 2.60 bits per heavy atom.